The lowest BCUT2D eigenvalue weighted by Crippen LogP contribution is -2.26. The van der Waals surface area contributed by atoms with Crippen LogP contribution in [-0.4, -0.2) is 36.1 Å². The van der Waals surface area contributed by atoms with Crippen molar-refractivity contribution >= 4 is 12.0 Å². The predicted molar refractivity (Wildman–Crippen MR) is 68.1 cm³/mol. The van der Waals surface area contributed by atoms with Gasteiger partial charge < -0.3 is 10.0 Å². The topological polar surface area (TPSA) is 40.5 Å². The smallest absolute Gasteiger partial charge is 0.336 e. The van der Waals surface area contributed by atoms with Gasteiger partial charge in [0.1, 0.15) is 0 Å². The number of carboxylic acid groups (broad SMARTS) is 1. The third-order valence-corrected chi connectivity index (χ3v) is 3.18. The molecule has 1 saturated heterocycles. The first-order valence-corrected chi connectivity index (χ1v) is 5.87. The molecule has 90 valence electrons. The van der Waals surface area contributed by atoms with Crippen molar-refractivity contribution < 1.29 is 9.90 Å². The Hall–Kier alpha value is -1.61. The van der Waals surface area contributed by atoms with Crippen molar-refractivity contribution in [1.29, 1.82) is 0 Å². The minimum Gasteiger partial charge on any atom is -0.478 e. The van der Waals surface area contributed by atoms with E-state index in [0.717, 1.165) is 31.5 Å². The van der Waals surface area contributed by atoms with Crippen LogP contribution in [0.2, 0.25) is 0 Å². The van der Waals surface area contributed by atoms with E-state index >= 15 is 0 Å². The molecule has 0 aromatic heterocycles. The lowest BCUT2D eigenvalue weighted by Gasteiger charge is -2.24. The average Bonchev–Trinajstić information content (AvgIpc) is 2.32. The van der Waals surface area contributed by atoms with Gasteiger partial charge in [0.2, 0.25) is 0 Å². The highest BCUT2D eigenvalue weighted by Gasteiger charge is 2.12. The van der Waals surface area contributed by atoms with Crippen molar-refractivity contribution in [2.45, 2.75) is 12.8 Å². The molecular weight excluding hydrogens is 214 g/mol. The van der Waals surface area contributed by atoms with Crippen LogP contribution in [0.5, 0.6) is 0 Å². The van der Waals surface area contributed by atoms with Crippen LogP contribution in [0, 0.1) is 0 Å². The second-order valence-corrected chi connectivity index (χ2v) is 4.50. The van der Waals surface area contributed by atoms with Gasteiger partial charge in [0.15, 0.2) is 0 Å². The van der Waals surface area contributed by atoms with E-state index in [-0.39, 0.29) is 0 Å². The van der Waals surface area contributed by atoms with Crippen molar-refractivity contribution in [2.75, 3.05) is 20.1 Å². The van der Waals surface area contributed by atoms with Gasteiger partial charge in [-0.15, -0.1) is 0 Å². The number of nitrogens with zero attached hydrogens (tertiary/aromatic N) is 1. The van der Waals surface area contributed by atoms with Crippen LogP contribution < -0.4 is 0 Å². The van der Waals surface area contributed by atoms with Gasteiger partial charge in [0, 0.05) is 13.1 Å². The first-order valence-electron chi connectivity index (χ1n) is 5.87. The summed E-state index contributed by atoms with van der Waals surface area (Å²) in [6, 6.07) is 7.17. The molecule has 2 rings (SSSR count). The zero-order chi connectivity index (χ0) is 12.3. The van der Waals surface area contributed by atoms with E-state index in [0.29, 0.717) is 5.56 Å². The molecule has 1 aromatic rings. The highest BCUT2D eigenvalue weighted by atomic mass is 16.4. The fraction of sp³-hybridized carbons (Fsp3) is 0.357. The SMILES string of the molecule is CN1CCC(=Cc2ccccc2C(=O)O)CC1. The third-order valence-electron chi connectivity index (χ3n) is 3.18. The van der Waals surface area contributed by atoms with Crippen LogP contribution in [0.1, 0.15) is 28.8 Å². The van der Waals surface area contributed by atoms with Crippen molar-refractivity contribution in [1.82, 2.24) is 4.90 Å². The highest BCUT2D eigenvalue weighted by molar-refractivity contribution is 5.92. The lowest BCUT2D eigenvalue weighted by molar-refractivity contribution is 0.0696. The summed E-state index contributed by atoms with van der Waals surface area (Å²) in [7, 11) is 2.11. The maximum Gasteiger partial charge on any atom is 0.336 e. The Labute approximate surface area is 101 Å². The largest absolute Gasteiger partial charge is 0.478 e. The molecular formula is C14H17NO2. The average molecular weight is 231 g/mol. The van der Waals surface area contributed by atoms with Crippen LogP contribution in [0.3, 0.4) is 0 Å². The Morgan fingerprint density at radius 2 is 1.94 bits per heavy atom. The van der Waals surface area contributed by atoms with Crippen molar-refractivity contribution in [3.63, 3.8) is 0 Å². The van der Waals surface area contributed by atoms with E-state index in [2.05, 4.69) is 11.9 Å². The number of carbonyl (C=O) groups is 1. The molecule has 1 N–H and O–H groups in total. The van der Waals surface area contributed by atoms with Gasteiger partial charge in [0.25, 0.3) is 0 Å². The van der Waals surface area contributed by atoms with Crippen LogP contribution in [0.25, 0.3) is 6.08 Å². The highest BCUT2D eigenvalue weighted by Crippen LogP contribution is 2.20. The van der Waals surface area contributed by atoms with E-state index in [1.165, 1.54) is 5.57 Å². The summed E-state index contributed by atoms with van der Waals surface area (Å²) in [4.78, 5) is 13.4. The Morgan fingerprint density at radius 3 is 2.59 bits per heavy atom. The number of rotatable bonds is 2. The van der Waals surface area contributed by atoms with Gasteiger partial charge in [-0.1, -0.05) is 29.8 Å². The zero-order valence-corrected chi connectivity index (χ0v) is 10.0. The number of piperidine rings is 1. The summed E-state index contributed by atoms with van der Waals surface area (Å²) in [5.41, 5.74) is 2.55. The fourth-order valence-corrected chi connectivity index (χ4v) is 2.09. The molecule has 0 radical (unpaired) electrons. The summed E-state index contributed by atoms with van der Waals surface area (Å²) in [5.74, 6) is -0.856. The van der Waals surface area contributed by atoms with Crippen LogP contribution in [0.4, 0.5) is 0 Å². The number of likely N-dealkylation sites (tertiary alicyclic amines) is 1. The molecule has 3 nitrogen and oxygen atoms in total. The predicted octanol–water partition coefficient (Wildman–Crippen LogP) is 2.49. The number of hydrogen-bond donors (Lipinski definition) is 1. The number of carboxylic acids is 1. The second-order valence-electron chi connectivity index (χ2n) is 4.50. The Morgan fingerprint density at radius 1 is 1.29 bits per heavy atom. The van der Waals surface area contributed by atoms with E-state index in [4.69, 9.17) is 5.11 Å². The first-order chi connectivity index (χ1) is 8.16. The van der Waals surface area contributed by atoms with Gasteiger partial charge >= 0.3 is 5.97 Å². The molecule has 0 saturated carbocycles. The summed E-state index contributed by atoms with van der Waals surface area (Å²) in [5, 5.41) is 9.10. The lowest BCUT2D eigenvalue weighted by atomic mass is 9.99. The molecule has 0 atom stereocenters. The van der Waals surface area contributed by atoms with Crippen molar-refractivity contribution in [3.05, 3.63) is 41.0 Å². The quantitative estimate of drug-likeness (QED) is 0.850. The zero-order valence-electron chi connectivity index (χ0n) is 10.0. The van der Waals surface area contributed by atoms with Crippen LogP contribution in [-0.2, 0) is 0 Å². The maximum absolute atomic E-state index is 11.1. The number of hydrogen-bond acceptors (Lipinski definition) is 2. The molecule has 0 spiro atoms. The minimum atomic E-state index is -0.856. The van der Waals surface area contributed by atoms with Gasteiger partial charge in [-0.3, -0.25) is 0 Å². The summed E-state index contributed by atoms with van der Waals surface area (Å²) in [6.45, 7) is 2.11. The summed E-state index contributed by atoms with van der Waals surface area (Å²) >= 11 is 0. The van der Waals surface area contributed by atoms with Gasteiger partial charge in [-0.05, 0) is 31.5 Å². The van der Waals surface area contributed by atoms with Gasteiger partial charge in [-0.2, -0.15) is 0 Å². The van der Waals surface area contributed by atoms with E-state index in [1.54, 1.807) is 12.1 Å². The molecule has 1 heterocycles. The third kappa shape index (κ3) is 2.94. The Kier molecular flexibility index (Phi) is 3.59. The minimum absolute atomic E-state index is 0.388. The standard InChI is InChI=1S/C14H17NO2/c1-15-8-6-11(7-9-15)10-12-4-2-3-5-13(12)14(16)17/h2-5,10H,6-9H2,1H3,(H,16,17). The summed E-state index contributed by atoms with van der Waals surface area (Å²) < 4.78 is 0. The van der Waals surface area contributed by atoms with Crippen LogP contribution in [0.15, 0.2) is 29.8 Å². The fourth-order valence-electron chi connectivity index (χ4n) is 2.09. The van der Waals surface area contributed by atoms with E-state index < -0.39 is 5.97 Å². The Bertz CT molecular complexity index is 441. The molecule has 0 aliphatic carbocycles. The Balaban J connectivity index is 2.23. The number of benzene rings is 1. The molecule has 1 aromatic carbocycles. The van der Waals surface area contributed by atoms with Gasteiger partial charge in [0.05, 0.1) is 5.56 Å². The van der Waals surface area contributed by atoms with Crippen LogP contribution >= 0.6 is 0 Å². The molecule has 1 aliphatic rings. The van der Waals surface area contributed by atoms with Gasteiger partial charge in [-0.25, -0.2) is 4.79 Å². The second kappa shape index (κ2) is 5.15. The first kappa shape index (κ1) is 11.9. The normalized spacial score (nSPS) is 16.9. The molecule has 17 heavy (non-hydrogen) atoms. The maximum atomic E-state index is 11.1. The molecule has 1 fully saturated rings. The molecule has 1 aliphatic heterocycles. The molecule has 0 unspecified atom stereocenters. The monoisotopic (exact) mass is 231 g/mol. The van der Waals surface area contributed by atoms with Crippen molar-refractivity contribution in [3.8, 4) is 0 Å². The molecule has 0 bridgehead atoms. The van der Waals surface area contributed by atoms with Crippen molar-refractivity contribution in [2.24, 2.45) is 0 Å². The molecule has 3 heteroatoms. The number of aromatic carboxylic acids is 1. The van der Waals surface area contributed by atoms with E-state index in [1.807, 2.05) is 18.2 Å². The van der Waals surface area contributed by atoms with E-state index in [9.17, 15) is 4.79 Å². The summed E-state index contributed by atoms with van der Waals surface area (Å²) in [6.07, 6.45) is 4.10. The molecule has 0 amide bonds.